The van der Waals surface area contributed by atoms with Crippen LogP contribution in [0.4, 0.5) is 0 Å². The third-order valence-corrected chi connectivity index (χ3v) is 4.14. The van der Waals surface area contributed by atoms with Crippen LogP contribution in [-0.4, -0.2) is 35.2 Å². The van der Waals surface area contributed by atoms with Crippen LogP contribution in [0, 0.1) is 6.92 Å². The Morgan fingerprint density at radius 2 is 1.65 bits per heavy atom. The monoisotopic (exact) mass is 355 g/mol. The molecule has 0 amide bonds. The lowest BCUT2D eigenvalue weighted by atomic mass is 10.1. The molecule has 2 aromatic carbocycles. The van der Waals surface area contributed by atoms with E-state index < -0.39 is 6.10 Å². The third kappa shape index (κ3) is 7.38. The quantitative estimate of drug-likeness (QED) is 0.660. The van der Waals surface area contributed by atoms with Gasteiger partial charge in [0.05, 0.1) is 0 Å². The lowest BCUT2D eigenvalue weighted by molar-refractivity contribution is -0.147. The Hall–Kier alpha value is -2.17. The lowest BCUT2D eigenvalue weighted by Gasteiger charge is -2.25. The molecule has 2 rings (SSSR count). The summed E-state index contributed by atoms with van der Waals surface area (Å²) in [7, 11) is 0. The molecule has 0 aliphatic rings. The maximum absolute atomic E-state index is 11.5. The molecule has 0 aromatic heterocycles. The molecule has 2 aromatic rings. The maximum atomic E-state index is 11.5. The predicted molar refractivity (Wildman–Crippen MR) is 104 cm³/mol. The molecular weight excluding hydrogens is 326 g/mol. The Morgan fingerprint density at radius 1 is 1.04 bits per heavy atom. The molecule has 26 heavy (non-hydrogen) atoms. The molecule has 140 valence electrons. The molecule has 0 fully saturated rings. The molecule has 4 nitrogen and oxygen atoms in total. The summed E-state index contributed by atoms with van der Waals surface area (Å²) in [5.74, 6) is -0.250. The SMILES string of the molecule is CCCC(=O)OCC(O)CN(Cc1ccccc1)Cc1ccc(C)cc1. The van der Waals surface area contributed by atoms with E-state index in [9.17, 15) is 9.90 Å². The second-order valence-electron chi connectivity index (χ2n) is 6.73. The highest BCUT2D eigenvalue weighted by Crippen LogP contribution is 2.12. The minimum Gasteiger partial charge on any atom is -0.463 e. The van der Waals surface area contributed by atoms with E-state index in [2.05, 4.69) is 48.2 Å². The highest BCUT2D eigenvalue weighted by atomic mass is 16.5. The number of hydrogen-bond donors (Lipinski definition) is 1. The molecular formula is C22H29NO3. The van der Waals surface area contributed by atoms with Crippen LogP contribution in [0.25, 0.3) is 0 Å². The summed E-state index contributed by atoms with van der Waals surface area (Å²) in [5.41, 5.74) is 3.61. The van der Waals surface area contributed by atoms with Gasteiger partial charge in [0.25, 0.3) is 0 Å². The van der Waals surface area contributed by atoms with Crippen LogP contribution in [0.2, 0.25) is 0 Å². The lowest BCUT2D eigenvalue weighted by Crippen LogP contribution is -2.34. The fraction of sp³-hybridized carbons (Fsp3) is 0.409. The summed E-state index contributed by atoms with van der Waals surface area (Å²) >= 11 is 0. The molecule has 1 N–H and O–H groups in total. The van der Waals surface area contributed by atoms with Crippen LogP contribution >= 0.6 is 0 Å². The van der Waals surface area contributed by atoms with Crippen molar-refractivity contribution in [2.45, 2.75) is 45.9 Å². The van der Waals surface area contributed by atoms with Gasteiger partial charge in [-0.05, 0) is 24.5 Å². The number of ether oxygens (including phenoxy) is 1. The van der Waals surface area contributed by atoms with Crippen molar-refractivity contribution in [3.05, 3.63) is 71.3 Å². The fourth-order valence-corrected chi connectivity index (χ4v) is 2.79. The Morgan fingerprint density at radius 3 is 2.27 bits per heavy atom. The number of carbonyl (C=O) groups is 1. The summed E-state index contributed by atoms with van der Waals surface area (Å²) in [6.45, 7) is 5.95. The summed E-state index contributed by atoms with van der Waals surface area (Å²) in [6.07, 6.45) is 0.441. The van der Waals surface area contributed by atoms with Crippen molar-refractivity contribution in [1.29, 1.82) is 0 Å². The van der Waals surface area contributed by atoms with E-state index >= 15 is 0 Å². The second kappa shape index (κ2) is 10.7. The standard InChI is InChI=1S/C22H29NO3/c1-3-7-22(25)26-17-21(24)16-23(14-19-8-5-4-6-9-19)15-20-12-10-18(2)11-13-20/h4-6,8-13,21,24H,3,7,14-17H2,1-2H3. The van der Waals surface area contributed by atoms with Crippen molar-refractivity contribution >= 4 is 5.97 Å². The van der Waals surface area contributed by atoms with Gasteiger partial charge in [0.1, 0.15) is 12.7 Å². The van der Waals surface area contributed by atoms with E-state index in [0.717, 1.165) is 19.5 Å². The normalized spacial score (nSPS) is 12.2. The van der Waals surface area contributed by atoms with Gasteiger partial charge < -0.3 is 9.84 Å². The zero-order valence-corrected chi connectivity index (χ0v) is 15.7. The fourth-order valence-electron chi connectivity index (χ4n) is 2.79. The Kier molecular flexibility index (Phi) is 8.32. The first kappa shape index (κ1) is 20.1. The van der Waals surface area contributed by atoms with Crippen LogP contribution in [0.1, 0.15) is 36.5 Å². The zero-order chi connectivity index (χ0) is 18.8. The van der Waals surface area contributed by atoms with Gasteiger partial charge in [0, 0.05) is 26.1 Å². The average molecular weight is 355 g/mol. The van der Waals surface area contributed by atoms with E-state index in [-0.39, 0.29) is 12.6 Å². The Bertz CT molecular complexity index is 655. The van der Waals surface area contributed by atoms with Gasteiger partial charge in [-0.15, -0.1) is 0 Å². The van der Waals surface area contributed by atoms with Gasteiger partial charge in [-0.1, -0.05) is 67.1 Å². The molecule has 1 unspecified atom stereocenters. The van der Waals surface area contributed by atoms with Gasteiger partial charge in [0.2, 0.25) is 0 Å². The largest absolute Gasteiger partial charge is 0.463 e. The predicted octanol–water partition coefficient (Wildman–Crippen LogP) is 3.70. The second-order valence-corrected chi connectivity index (χ2v) is 6.73. The van der Waals surface area contributed by atoms with E-state index in [1.807, 2.05) is 25.1 Å². The van der Waals surface area contributed by atoms with Gasteiger partial charge in [-0.25, -0.2) is 0 Å². The van der Waals surface area contributed by atoms with E-state index in [4.69, 9.17) is 4.74 Å². The van der Waals surface area contributed by atoms with Crippen molar-refractivity contribution in [1.82, 2.24) is 4.90 Å². The van der Waals surface area contributed by atoms with Gasteiger partial charge in [0.15, 0.2) is 0 Å². The Balaban J connectivity index is 1.97. The molecule has 0 aliphatic heterocycles. The molecule has 1 atom stereocenters. The summed E-state index contributed by atoms with van der Waals surface area (Å²) in [5, 5.41) is 10.3. The smallest absolute Gasteiger partial charge is 0.305 e. The minimum atomic E-state index is -0.704. The third-order valence-electron chi connectivity index (χ3n) is 4.14. The Labute approximate surface area is 156 Å². The van der Waals surface area contributed by atoms with Crippen LogP contribution in [-0.2, 0) is 22.6 Å². The molecule has 0 heterocycles. The molecule has 4 heteroatoms. The van der Waals surface area contributed by atoms with E-state index in [1.165, 1.54) is 16.7 Å². The van der Waals surface area contributed by atoms with Crippen molar-refractivity contribution in [2.75, 3.05) is 13.2 Å². The van der Waals surface area contributed by atoms with E-state index in [1.54, 1.807) is 0 Å². The molecule has 0 saturated heterocycles. The number of carbonyl (C=O) groups excluding carboxylic acids is 1. The topological polar surface area (TPSA) is 49.8 Å². The molecule has 0 bridgehead atoms. The number of nitrogens with zero attached hydrogens (tertiary/aromatic N) is 1. The number of rotatable bonds is 10. The van der Waals surface area contributed by atoms with Crippen LogP contribution in [0.5, 0.6) is 0 Å². The van der Waals surface area contributed by atoms with Gasteiger partial charge in [-0.3, -0.25) is 9.69 Å². The van der Waals surface area contributed by atoms with Crippen molar-refractivity contribution in [3.8, 4) is 0 Å². The van der Waals surface area contributed by atoms with Crippen LogP contribution < -0.4 is 0 Å². The first-order valence-electron chi connectivity index (χ1n) is 9.22. The molecule has 0 radical (unpaired) electrons. The molecule has 0 spiro atoms. The minimum absolute atomic E-state index is 0.0397. The number of esters is 1. The van der Waals surface area contributed by atoms with Crippen LogP contribution in [0.3, 0.4) is 0 Å². The first-order chi connectivity index (χ1) is 12.6. The number of aliphatic hydroxyl groups is 1. The highest BCUT2D eigenvalue weighted by molar-refractivity contribution is 5.69. The number of aryl methyl sites for hydroxylation is 1. The van der Waals surface area contributed by atoms with Crippen molar-refractivity contribution in [3.63, 3.8) is 0 Å². The number of benzene rings is 2. The number of hydrogen-bond acceptors (Lipinski definition) is 4. The molecule has 0 aliphatic carbocycles. The maximum Gasteiger partial charge on any atom is 0.305 e. The summed E-state index contributed by atoms with van der Waals surface area (Å²) in [6, 6.07) is 18.6. The highest BCUT2D eigenvalue weighted by Gasteiger charge is 2.15. The van der Waals surface area contributed by atoms with Gasteiger partial charge >= 0.3 is 5.97 Å². The van der Waals surface area contributed by atoms with Crippen molar-refractivity contribution in [2.24, 2.45) is 0 Å². The first-order valence-corrected chi connectivity index (χ1v) is 9.22. The molecule has 0 saturated carbocycles. The van der Waals surface area contributed by atoms with E-state index in [0.29, 0.717) is 13.0 Å². The summed E-state index contributed by atoms with van der Waals surface area (Å²) in [4.78, 5) is 13.7. The van der Waals surface area contributed by atoms with Gasteiger partial charge in [-0.2, -0.15) is 0 Å². The van der Waals surface area contributed by atoms with Crippen LogP contribution in [0.15, 0.2) is 54.6 Å². The zero-order valence-electron chi connectivity index (χ0n) is 15.7. The van der Waals surface area contributed by atoms with Crippen molar-refractivity contribution < 1.29 is 14.6 Å². The summed E-state index contributed by atoms with van der Waals surface area (Å²) < 4.78 is 5.15. The average Bonchev–Trinajstić information content (AvgIpc) is 2.63. The number of aliphatic hydroxyl groups excluding tert-OH is 1.